The second-order valence-corrected chi connectivity index (χ2v) is 5.69. The van der Waals surface area contributed by atoms with Gasteiger partial charge in [-0.05, 0) is 18.2 Å². The number of furan rings is 1. The van der Waals surface area contributed by atoms with Gasteiger partial charge in [-0.25, -0.2) is 4.79 Å². The topological polar surface area (TPSA) is 63.9 Å². The third-order valence-corrected chi connectivity index (χ3v) is 4.26. The van der Waals surface area contributed by atoms with Crippen LogP contribution in [0.5, 0.6) is 5.75 Å². The monoisotopic (exact) mass is 366 g/mol. The highest BCUT2D eigenvalue weighted by molar-refractivity contribution is 5.86. The lowest BCUT2D eigenvalue weighted by molar-refractivity contribution is 0.0559. The van der Waals surface area contributed by atoms with Crippen molar-refractivity contribution in [2.75, 3.05) is 33.9 Å². The fourth-order valence-electron chi connectivity index (χ4n) is 3.06. The predicted octanol–water partition coefficient (Wildman–Crippen LogP) is 2.64. The molecule has 2 aromatic rings. The van der Waals surface area contributed by atoms with Crippen LogP contribution in [-0.4, -0.2) is 44.7 Å². The molecular formula is C18H23ClN2O4. The molecule has 0 radical (unpaired) electrons. The molecule has 1 aliphatic heterocycles. The number of carbonyl (C=O) groups is 1. The summed E-state index contributed by atoms with van der Waals surface area (Å²) < 4.78 is 15.8. The largest absolute Gasteiger partial charge is 0.496 e. The lowest BCUT2D eigenvalue weighted by Gasteiger charge is -2.36. The number of ether oxygens (including phenoxy) is 2. The zero-order chi connectivity index (χ0) is 16.9. The maximum Gasteiger partial charge on any atom is 0.373 e. The van der Waals surface area contributed by atoms with E-state index in [1.165, 1.54) is 7.11 Å². The third-order valence-electron chi connectivity index (χ3n) is 4.26. The number of hydrogen-bond acceptors (Lipinski definition) is 6. The molecule has 1 atom stereocenters. The van der Waals surface area contributed by atoms with E-state index in [2.05, 4.69) is 21.0 Å². The van der Waals surface area contributed by atoms with Crippen LogP contribution in [0.4, 0.5) is 0 Å². The molecule has 1 saturated heterocycles. The molecule has 1 aromatic carbocycles. The van der Waals surface area contributed by atoms with Gasteiger partial charge < -0.3 is 19.2 Å². The van der Waals surface area contributed by atoms with Crippen LogP contribution in [0.2, 0.25) is 0 Å². The number of methoxy groups -OCH3 is 2. The molecule has 1 aromatic heterocycles. The van der Waals surface area contributed by atoms with Crippen molar-refractivity contribution in [1.29, 1.82) is 0 Å². The Morgan fingerprint density at radius 1 is 1.28 bits per heavy atom. The van der Waals surface area contributed by atoms with Gasteiger partial charge in [-0.15, -0.1) is 12.4 Å². The molecule has 1 fully saturated rings. The van der Waals surface area contributed by atoms with E-state index in [9.17, 15) is 4.79 Å². The lowest BCUT2D eigenvalue weighted by Crippen LogP contribution is -2.45. The summed E-state index contributed by atoms with van der Waals surface area (Å²) in [4.78, 5) is 13.9. The van der Waals surface area contributed by atoms with E-state index < -0.39 is 5.97 Å². The van der Waals surface area contributed by atoms with Crippen LogP contribution in [0.25, 0.3) is 0 Å². The minimum Gasteiger partial charge on any atom is -0.496 e. The maximum absolute atomic E-state index is 11.5. The average Bonchev–Trinajstić information content (AvgIpc) is 3.10. The number of nitrogens with zero attached hydrogens (tertiary/aromatic N) is 1. The van der Waals surface area contributed by atoms with Crippen LogP contribution in [0.3, 0.4) is 0 Å². The van der Waals surface area contributed by atoms with Crippen molar-refractivity contribution < 1.29 is 18.7 Å². The van der Waals surface area contributed by atoms with Gasteiger partial charge in [0.25, 0.3) is 0 Å². The maximum atomic E-state index is 11.5. The summed E-state index contributed by atoms with van der Waals surface area (Å²) in [5.74, 6) is 1.41. The Bertz CT molecular complexity index is 704. The first-order valence-electron chi connectivity index (χ1n) is 7.97. The Kier molecular flexibility index (Phi) is 6.87. The number of benzene rings is 1. The van der Waals surface area contributed by atoms with Gasteiger partial charge >= 0.3 is 5.97 Å². The lowest BCUT2D eigenvalue weighted by atomic mass is 10.0. The quantitative estimate of drug-likeness (QED) is 0.821. The molecule has 3 rings (SSSR count). The number of halogens is 1. The smallest absolute Gasteiger partial charge is 0.373 e. The molecule has 1 N–H and O–H groups in total. The van der Waals surface area contributed by atoms with E-state index in [-0.39, 0.29) is 24.2 Å². The Balaban J connectivity index is 0.00000225. The van der Waals surface area contributed by atoms with Crippen molar-refractivity contribution in [3.8, 4) is 5.75 Å². The van der Waals surface area contributed by atoms with E-state index in [1.54, 1.807) is 13.2 Å². The number of carbonyl (C=O) groups excluding carboxylic acids is 1. The molecule has 1 aliphatic rings. The highest BCUT2D eigenvalue weighted by Crippen LogP contribution is 2.31. The van der Waals surface area contributed by atoms with Crippen LogP contribution in [0.15, 0.2) is 40.8 Å². The number of piperazine rings is 1. The summed E-state index contributed by atoms with van der Waals surface area (Å²) in [6.07, 6.45) is 0. The number of para-hydroxylation sites is 1. The molecule has 2 heterocycles. The highest BCUT2D eigenvalue weighted by atomic mass is 35.5. The molecule has 0 aliphatic carbocycles. The minimum atomic E-state index is -0.456. The molecule has 1 unspecified atom stereocenters. The number of esters is 1. The Labute approximate surface area is 153 Å². The van der Waals surface area contributed by atoms with Crippen molar-refractivity contribution in [2.45, 2.75) is 12.6 Å². The third kappa shape index (κ3) is 4.34. The fourth-order valence-corrected chi connectivity index (χ4v) is 3.06. The van der Waals surface area contributed by atoms with Gasteiger partial charge in [0.1, 0.15) is 11.5 Å². The van der Waals surface area contributed by atoms with Crippen molar-refractivity contribution in [3.63, 3.8) is 0 Å². The van der Waals surface area contributed by atoms with Crippen molar-refractivity contribution in [3.05, 3.63) is 53.5 Å². The molecule has 0 spiro atoms. The van der Waals surface area contributed by atoms with E-state index in [1.807, 2.05) is 24.3 Å². The predicted molar refractivity (Wildman–Crippen MR) is 96.3 cm³/mol. The normalized spacial score (nSPS) is 17.6. The molecule has 6 nitrogen and oxygen atoms in total. The van der Waals surface area contributed by atoms with Gasteiger partial charge in [0, 0.05) is 25.2 Å². The minimum absolute atomic E-state index is 0. The first-order chi connectivity index (χ1) is 11.7. The Morgan fingerprint density at radius 3 is 2.84 bits per heavy atom. The van der Waals surface area contributed by atoms with Crippen molar-refractivity contribution >= 4 is 18.4 Å². The van der Waals surface area contributed by atoms with Crippen molar-refractivity contribution in [2.24, 2.45) is 0 Å². The summed E-state index contributed by atoms with van der Waals surface area (Å²) >= 11 is 0. The molecule has 136 valence electrons. The van der Waals surface area contributed by atoms with E-state index in [0.29, 0.717) is 6.54 Å². The van der Waals surface area contributed by atoms with Crippen LogP contribution in [0, 0.1) is 0 Å². The molecule has 7 heteroatoms. The summed E-state index contributed by atoms with van der Waals surface area (Å²) in [6, 6.07) is 11.7. The summed E-state index contributed by atoms with van der Waals surface area (Å²) in [6.45, 7) is 3.26. The number of hydrogen-bond donors (Lipinski definition) is 1. The molecular weight excluding hydrogens is 344 g/mol. The molecule has 0 saturated carbocycles. The molecule has 0 amide bonds. The van der Waals surface area contributed by atoms with Crippen LogP contribution < -0.4 is 10.1 Å². The second-order valence-electron chi connectivity index (χ2n) is 5.69. The first kappa shape index (κ1) is 19.3. The second kappa shape index (κ2) is 8.89. The van der Waals surface area contributed by atoms with Gasteiger partial charge in [0.05, 0.1) is 26.8 Å². The molecule has 0 bridgehead atoms. The van der Waals surface area contributed by atoms with E-state index in [4.69, 9.17) is 9.15 Å². The Hall–Kier alpha value is -2.02. The van der Waals surface area contributed by atoms with Gasteiger partial charge in [-0.3, -0.25) is 4.90 Å². The van der Waals surface area contributed by atoms with E-state index >= 15 is 0 Å². The van der Waals surface area contributed by atoms with Crippen LogP contribution in [-0.2, 0) is 11.3 Å². The zero-order valence-electron chi connectivity index (χ0n) is 14.4. The van der Waals surface area contributed by atoms with Crippen LogP contribution >= 0.6 is 12.4 Å². The first-order valence-corrected chi connectivity index (χ1v) is 7.97. The fraction of sp³-hybridized carbons (Fsp3) is 0.389. The van der Waals surface area contributed by atoms with E-state index in [0.717, 1.165) is 36.7 Å². The summed E-state index contributed by atoms with van der Waals surface area (Å²) in [7, 11) is 3.03. The summed E-state index contributed by atoms with van der Waals surface area (Å²) in [5.41, 5.74) is 1.15. The zero-order valence-corrected chi connectivity index (χ0v) is 15.2. The molecule has 25 heavy (non-hydrogen) atoms. The standard InChI is InChI=1S/C18H22N2O4.ClH/c1-22-16-6-4-3-5-14(16)15-11-19-9-10-20(15)12-13-7-8-17(24-13)18(21)23-2;/h3-8,15,19H,9-12H2,1-2H3;1H. The van der Waals surface area contributed by atoms with Gasteiger partial charge in [-0.1, -0.05) is 18.2 Å². The van der Waals surface area contributed by atoms with Gasteiger partial charge in [0.15, 0.2) is 0 Å². The Morgan fingerprint density at radius 2 is 2.08 bits per heavy atom. The summed E-state index contributed by atoms with van der Waals surface area (Å²) in [5, 5.41) is 3.43. The number of nitrogens with one attached hydrogen (secondary N) is 1. The number of rotatable bonds is 5. The van der Waals surface area contributed by atoms with Gasteiger partial charge in [-0.2, -0.15) is 0 Å². The highest BCUT2D eigenvalue weighted by Gasteiger charge is 2.27. The van der Waals surface area contributed by atoms with Gasteiger partial charge in [0.2, 0.25) is 5.76 Å². The van der Waals surface area contributed by atoms with Crippen molar-refractivity contribution in [1.82, 2.24) is 10.2 Å². The van der Waals surface area contributed by atoms with Crippen LogP contribution in [0.1, 0.15) is 27.9 Å². The average molecular weight is 367 g/mol. The SMILES string of the molecule is COC(=O)c1ccc(CN2CCNCC2c2ccccc2OC)o1.Cl.